The fourth-order valence-corrected chi connectivity index (χ4v) is 11.8. The van der Waals surface area contributed by atoms with Crippen LogP contribution >= 0.6 is 46.7 Å². The first kappa shape index (κ1) is 47.7. The van der Waals surface area contributed by atoms with Crippen molar-refractivity contribution in [1.82, 2.24) is 80.5 Å². The van der Waals surface area contributed by atoms with Crippen molar-refractivity contribution in [2.75, 3.05) is 82.3 Å². The number of benzene rings is 1. The minimum absolute atomic E-state index is 0.0193. The number of rotatable bonds is 15. The molecule has 3 aliphatic rings. The van der Waals surface area contributed by atoms with Crippen molar-refractivity contribution < 1.29 is 4.79 Å². The molecule has 7 aromatic heterocycles. The average Bonchev–Trinajstić information content (AvgIpc) is 4.18. The molecule has 11 rings (SSSR count). The molecule has 3 fully saturated rings. The van der Waals surface area contributed by atoms with Crippen molar-refractivity contribution in [2.45, 2.75) is 77.8 Å². The number of hydrogen-bond donors (Lipinski definition) is 5. The molecule has 10 heterocycles. The number of halogens is 2. The van der Waals surface area contributed by atoms with E-state index in [0.29, 0.717) is 73.5 Å². The summed E-state index contributed by atoms with van der Waals surface area (Å²) < 4.78 is 0. The highest BCUT2D eigenvalue weighted by Crippen LogP contribution is 2.41. The summed E-state index contributed by atoms with van der Waals surface area (Å²) in [4.78, 5) is 68.8. The van der Waals surface area contributed by atoms with E-state index in [4.69, 9.17) is 48.9 Å². The number of anilines is 2. The van der Waals surface area contributed by atoms with Gasteiger partial charge in [0, 0.05) is 111 Å². The van der Waals surface area contributed by atoms with Gasteiger partial charge in [-0.2, -0.15) is 0 Å². The van der Waals surface area contributed by atoms with Crippen LogP contribution < -0.4 is 26.2 Å². The Morgan fingerprint density at radius 3 is 2.31 bits per heavy atom. The molecule has 1 aromatic carbocycles. The Balaban J connectivity index is 0.795. The second-order valence-electron chi connectivity index (χ2n) is 18.4. The lowest BCUT2D eigenvalue weighted by molar-refractivity contribution is 0.0938. The number of piperazine rings is 1. The van der Waals surface area contributed by atoms with E-state index in [1.165, 1.54) is 23.5 Å². The fraction of sp³-hybridized carbons (Fsp3) is 0.426. The molecule has 71 heavy (non-hydrogen) atoms. The number of likely N-dealkylation sites (N-methyl/N-ethyl adjacent to an activating group) is 1. The predicted molar refractivity (Wildman–Crippen MR) is 278 cm³/mol. The second-order valence-corrected chi connectivity index (χ2v) is 21.2. The Hall–Kier alpha value is -5.59. The zero-order valence-corrected chi connectivity index (χ0v) is 42.6. The molecule has 3 saturated heterocycles. The van der Waals surface area contributed by atoms with Crippen LogP contribution in [0.5, 0.6) is 0 Å². The predicted octanol–water partition coefficient (Wildman–Crippen LogP) is 5.91. The molecule has 20 nitrogen and oxygen atoms in total. The smallest absolute Gasteiger partial charge is 0.291 e. The molecule has 0 bridgehead atoms. The first-order valence-electron chi connectivity index (χ1n) is 24.0. The van der Waals surface area contributed by atoms with E-state index in [9.17, 15) is 4.79 Å². The summed E-state index contributed by atoms with van der Waals surface area (Å²) >= 11 is 17.2. The number of nitrogens with zero attached hydrogens (tertiary/aromatic N) is 14. The molecule has 0 aliphatic carbocycles. The quantitative estimate of drug-likeness (QED) is 0.0592. The van der Waals surface area contributed by atoms with E-state index in [-0.39, 0.29) is 29.9 Å². The summed E-state index contributed by atoms with van der Waals surface area (Å²) in [5.41, 5.74) is 11.9. The van der Waals surface area contributed by atoms with Crippen molar-refractivity contribution in [3.63, 3.8) is 0 Å². The molecule has 0 spiro atoms. The first-order valence-corrected chi connectivity index (χ1v) is 26.4. The maximum atomic E-state index is 13.0. The number of amides is 1. The monoisotopic (exact) mass is 1030 g/mol. The van der Waals surface area contributed by atoms with Gasteiger partial charge in [-0.3, -0.25) is 9.78 Å². The molecule has 1 amide bonds. The van der Waals surface area contributed by atoms with Crippen LogP contribution in [0.2, 0.25) is 10.0 Å². The van der Waals surface area contributed by atoms with Gasteiger partial charge >= 0.3 is 0 Å². The Labute approximate surface area is 427 Å². The van der Waals surface area contributed by atoms with E-state index in [1.54, 1.807) is 18.6 Å². The number of aryl methyl sites for hydroxylation is 1. The van der Waals surface area contributed by atoms with Crippen molar-refractivity contribution in [3.8, 4) is 0 Å². The summed E-state index contributed by atoms with van der Waals surface area (Å²) in [6.07, 6.45) is 8.34. The molecule has 8 aromatic rings. The maximum absolute atomic E-state index is 13.0. The molecular weight excluding hydrogens is 982 g/mol. The lowest BCUT2D eigenvalue weighted by Crippen LogP contribution is -2.45. The Morgan fingerprint density at radius 2 is 1.54 bits per heavy atom. The third kappa shape index (κ3) is 10.1. The number of carbonyl (C=O) groups is 1. The van der Waals surface area contributed by atoms with Crippen LogP contribution in [0.1, 0.15) is 61.2 Å². The van der Waals surface area contributed by atoms with Crippen LogP contribution in [-0.4, -0.2) is 160 Å². The number of nitrogens with two attached hydrogens (primary N) is 1. The van der Waals surface area contributed by atoms with Gasteiger partial charge in [-0.1, -0.05) is 30.1 Å². The van der Waals surface area contributed by atoms with Gasteiger partial charge in [0.05, 0.1) is 32.0 Å². The van der Waals surface area contributed by atoms with E-state index >= 15 is 0 Å². The van der Waals surface area contributed by atoms with Crippen LogP contribution in [0.4, 0.5) is 11.6 Å². The summed E-state index contributed by atoms with van der Waals surface area (Å²) in [6.45, 7) is 12.7. The second kappa shape index (κ2) is 20.5. The van der Waals surface area contributed by atoms with Gasteiger partial charge in [-0.15, -0.1) is 10.2 Å². The largest absolute Gasteiger partial charge is 0.354 e. The Kier molecular flexibility index (Phi) is 13.8. The highest BCUT2D eigenvalue weighted by Gasteiger charge is 2.32. The van der Waals surface area contributed by atoms with E-state index in [0.717, 1.165) is 115 Å². The number of nitrogens with one attached hydrogen (secondary N) is 4. The number of hydrogen-bond acceptors (Lipinski definition) is 19. The maximum Gasteiger partial charge on any atom is 0.291 e. The number of fused-ring (bicyclic) bond motifs is 4. The summed E-state index contributed by atoms with van der Waals surface area (Å²) in [5, 5.41) is 19.3. The van der Waals surface area contributed by atoms with Crippen molar-refractivity contribution in [3.05, 3.63) is 70.1 Å². The van der Waals surface area contributed by atoms with Crippen LogP contribution in [0.15, 0.2) is 63.0 Å². The molecule has 3 atom stereocenters. The third-order valence-corrected chi connectivity index (χ3v) is 15.9. The number of pyridine rings is 1. The van der Waals surface area contributed by atoms with Crippen molar-refractivity contribution in [2.24, 2.45) is 5.73 Å². The minimum atomic E-state index is -0.334. The van der Waals surface area contributed by atoms with Crippen LogP contribution in [0.25, 0.3) is 44.3 Å². The SMILES string of the molecule is CCc1[nH]c2nc(Sc3cnc4nccnc4c3)nc(N3CC[C@H](NC(C)c4[nH]c5nc(Sc6ccc7nc(C(=O)NCCCN8CCN(C)CC8)nnc7c6)nc(N6CC[C@H](N)C6)c5c4Cl)C3)c2c1Cl. The van der Waals surface area contributed by atoms with Crippen LogP contribution in [-0.2, 0) is 6.42 Å². The van der Waals surface area contributed by atoms with Crippen LogP contribution in [0.3, 0.4) is 0 Å². The highest BCUT2D eigenvalue weighted by atomic mass is 35.5. The van der Waals surface area contributed by atoms with Gasteiger partial charge in [0.15, 0.2) is 16.0 Å². The Bertz CT molecular complexity index is 3280. The first-order chi connectivity index (χ1) is 34.5. The van der Waals surface area contributed by atoms with Gasteiger partial charge in [-0.05, 0) is 94.0 Å². The lowest BCUT2D eigenvalue weighted by Gasteiger charge is -2.32. The van der Waals surface area contributed by atoms with E-state index < -0.39 is 0 Å². The Morgan fingerprint density at radius 1 is 0.817 bits per heavy atom. The van der Waals surface area contributed by atoms with Crippen LogP contribution in [0, 0.1) is 0 Å². The molecule has 368 valence electrons. The zero-order valence-electron chi connectivity index (χ0n) is 39.5. The highest BCUT2D eigenvalue weighted by molar-refractivity contribution is 7.99. The van der Waals surface area contributed by atoms with Crippen molar-refractivity contribution in [1.29, 1.82) is 0 Å². The van der Waals surface area contributed by atoms with Gasteiger partial charge in [0.25, 0.3) is 5.91 Å². The van der Waals surface area contributed by atoms with E-state index in [2.05, 4.69) is 91.2 Å². The number of aromatic amines is 2. The fourth-order valence-electron chi connectivity index (χ4n) is 9.54. The summed E-state index contributed by atoms with van der Waals surface area (Å²) in [5.74, 6) is 1.23. The molecule has 1 unspecified atom stereocenters. The number of carbonyl (C=O) groups excluding carboxylic acids is 1. The molecule has 0 radical (unpaired) electrons. The summed E-state index contributed by atoms with van der Waals surface area (Å²) in [6, 6.07) is 7.55. The number of H-pyrrole nitrogens is 2. The molecular formula is C47H53Cl2N19OS2. The average molecular weight is 1040 g/mol. The topological polar surface area (TPSA) is 241 Å². The van der Waals surface area contributed by atoms with Crippen molar-refractivity contribution >= 4 is 109 Å². The molecule has 0 saturated carbocycles. The van der Waals surface area contributed by atoms with Gasteiger partial charge < -0.3 is 45.9 Å². The normalized spacial score (nSPS) is 18.5. The number of aromatic nitrogens is 12. The molecule has 6 N–H and O–H groups in total. The van der Waals surface area contributed by atoms with Gasteiger partial charge in [0.1, 0.15) is 34.0 Å². The lowest BCUT2D eigenvalue weighted by atomic mass is 10.1. The minimum Gasteiger partial charge on any atom is -0.354 e. The zero-order chi connectivity index (χ0) is 48.8. The molecule has 3 aliphatic heterocycles. The van der Waals surface area contributed by atoms with E-state index in [1.807, 2.05) is 24.3 Å². The molecule has 24 heteroatoms. The van der Waals surface area contributed by atoms with Gasteiger partial charge in [0.2, 0.25) is 5.82 Å². The standard InChI is InChI=1S/C47H53Cl2N19OS2/c1-4-30-36(48)34-40(56-30)59-47(71-29-21-33-39(54-22-29)52-12-11-51-33)61-43(34)68-15-9-27(24-68)55-25(2)38-37(49)35-41(58-38)60-46(62-44(35)67-14-8-26(50)23-67)70-28-6-7-31-32(20-28)63-64-42(57-31)45(69)53-10-5-13-66-18-16-65(3)17-19-66/h6-7,11-12,20-22,25-27,55H,4-5,8-10,13-19,23-24,50H2,1-3H3,(H,53,69)(H,56,59,61)(H,58,60,62)/t25?,26-,27-/m0/s1. The third-order valence-electron chi connectivity index (χ3n) is 13.4. The van der Waals surface area contributed by atoms with Gasteiger partial charge in [-0.25, -0.2) is 34.9 Å². The summed E-state index contributed by atoms with van der Waals surface area (Å²) in [7, 11) is 2.14.